The molecule has 156 valence electrons. The van der Waals surface area contributed by atoms with E-state index in [4.69, 9.17) is 21.1 Å². The highest BCUT2D eigenvalue weighted by atomic mass is 35.5. The van der Waals surface area contributed by atoms with Gasteiger partial charge in [0, 0.05) is 23.1 Å². The highest BCUT2D eigenvalue weighted by Crippen LogP contribution is 2.22. The third kappa shape index (κ3) is 5.58. The summed E-state index contributed by atoms with van der Waals surface area (Å²) in [6.07, 6.45) is 2.72. The van der Waals surface area contributed by atoms with Crippen LogP contribution in [0.3, 0.4) is 0 Å². The molecule has 0 saturated heterocycles. The minimum Gasteiger partial charge on any atom is -0.484 e. The maximum atomic E-state index is 12.5. The van der Waals surface area contributed by atoms with Crippen molar-refractivity contribution in [2.45, 2.75) is 4.90 Å². The lowest BCUT2D eigenvalue weighted by Crippen LogP contribution is -2.20. The SMILES string of the molecule is COc1nccnc1NS(=O)(=O)c1ccc(NC(=O)COc2ccc(Cl)cc2)cc1. The summed E-state index contributed by atoms with van der Waals surface area (Å²) in [4.78, 5) is 19.8. The molecule has 0 unspecified atom stereocenters. The lowest BCUT2D eigenvalue weighted by atomic mass is 10.3. The van der Waals surface area contributed by atoms with Crippen LogP contribution in [0.15, 0.2) is 65.8 Å². The van der Waals surface area contributed by atoms with E-state index in [1.807, 2.05) is 0 Å². The van der Waals surface area contributed by atoms with Crippen LogP contribution in [0, 0.1) is 0 Å². The van der Waals surface area contributed by atoms with Gasteiger partial charge in [-0.2, -0.15) is 0 Å². The number of carbonyl (C=O) groups is 1. The number of amides is 1. The molecular weight excluding hydrogens is 432 g/mol. The zero-order valence-electron chi connectivity index (χ0n) is 15.7. The molecule has 0 fully saturated rings. The molecule has 0 saturated carbocycles. The van der Waals surface area contributed by atoms with E-state index < -0.39 is 15.9 Å². The molecular formula is C19H17ClN4O5S. The number of hydrogen-bond acceptors (Lipinski definition) is 7. The third-order valence-electron chi connectivity index (χ3n) is 3.72. The van der Waals surface area contributed by atoms with Crippen molar-refractivity contribution in [1.82, 2.24) is 9.97 Å². The molecule has 3 rings (SSSR count). The van der Waals surface area contributed by atoms with Crippen LogP contribution >= 0.6 is 11.6 Å². The molecule has 0 radical (unpaired) electrons. The Bertz CT molecular complexity index is 1120. The van der Waals surface area contributed by atoms with Gasteiger partial charge in [0.2, 0.25) is 5.82 Å². The van der Waals surface area contributed by atoms with Crippen molar-refractivity contribution in [2.24, 2.45) is 0 Å². The van der Waals surface area contributed by atoms with Gasteiger partial charge in [0.05, 0.1) is 12.0 Å². The Morgan fingerprint density at radius 2 is 1.70 bits per heavy atom. The number of ether oxygens (including phenoxy) is 2. The van der Waals surface area contributed by atoms with E-state index in [1.165, 1.54) is 43.8 Å². The van der Waals surface area contributed by atoms with Gasteiger partial charge < -0.3 is 14.8 Å². The molecule has 0 aliphatic rings. The van der Waals surface area contributed by atoms with E-state index in [-0.39, 0.29) is 23.2 Å². The van der Waals surface area contributed by atoms with E-state index in [0.717, 1.165) is 0 Å². The standard InChI is InChI=1S/C19H17ClN4O5S/c1-28-19-18(21-10-11-22-19)24-30(26,27)16-8-4-14(5-9-16)23-17(25)12-29-15-6-2-13(20)3-7-15/h2-11H,12H2,1H3,(H,21,24)(H,23,25). The molecule has 2 aromatic carbocycles. The minimum atomic E-state index is -3.92. The Morgan fingerprint density at radius 1 is 1.03 bits per heavy atom. The molecule has 0 aliphatic heterocycles. The van der Waals surface area contributed by atoms with Crippen LogP contribution in [0.1, 0.15) is 0 Å². The maximum Gasteiger partial charge on any atom is 0.263 e. The largest absolute Gasteiger partial charge is 0.484 e. The van der Waals surface area contributed by atoms with Crippen LogP contribution in [0.5, 0.6) is 11.6 Å². The molecule has 11 heteroatoms. The first-order chi connectivity index (χ1) is 14.4. The Labute approximate surface area is 178 Å². The van der Waals surface area contributed by atoms with E-state index in [9.17, 15) is 13.2 Å². The van der Waals surface area contributed by atoms with Gasteiger partial charge in [-0.15, -0.1) is 0 Å². The van der Waals surface area contributed by atoms with Crippen LogP contribution < -0.4 is 19.5 Å². The second-order valence-electron chi connectivity index (χ2n) is 5.83. The van der Waals surface area contributed by atoms with Gasteiger partial charge in [0.25, 0.3) is 21.8 Å². The number of aromatic nitrogens is 2. The van der Waals surface area contributed by atoms with Gasteiger partial charge in [-0.25, -0.2) is 18.4 Å². The smallest absolute Gasteiger partial charge is 0.263 e. The number of rotatable bonds is 8. The zero-order valence-corrected chi connectivity index (χ0v) is 17.3. The molecule has 1 amide bonds. The number of nitrogens with zero attached hydrogens (tertiary/aromatic N) is 2. The van der Waals surface area contributed by atoms with Crippen molar-refractivity contribution in [3.05, 3.63) is 65.9 Å². The summed E-state index contributed by atoms with van der Waals surface area (Å²) in [6.45, 7) is -0.213. The summed E-state index contributed by atoms with van der Waals surface area (Å²) in [6, 6.07) is 12.2. The fourth-order valence-corrected chi connectivity index (χ4v) is 3.46. The predicted molar refractivity (Wildman–Crippen MR) is 111 cm³/mol. The fraction of sp³-hybridized carbons (Fsp3) is 0.105. The van der Waals surface area contributed by atoms with Crippen molar-refractivity contribution in [3.63, 3.8) is 0 Å². The number of methoxy groups -OCH3 is 1. The molecule has 2 N–H and O–H groups in total. The molecule has 0 atom stereocenters. The van der Waals surface area contributed by atoms with Crippen molar-refractivity contribution in [3.8, 4) is 11.6 Å². The Kier molecular flexibility index (Phi) is 6.70. The van der Waals surface area contributed by atoms with Crippen molar-refractivity contribution in [1.29, 1.82) is 0 Å². The van der Waals surface area contributed by atoms with Crippen molar-refractivity contribution >= 4 is 39.0 Å². The average Bonchev–Trinajstić information content (AvgIpc) is 2.74. The summed E-state index contributed by atoms with van der Waals surface area (Å²) in [7, 11) is -2.56. The number of benzene rings is 2. The van der Waals surface area contributed by atoms with Gasteiger partial charge in [0.1, 0.15) is 5.75 Å². The summed E-state index contributed by atoms with van der Waals surface area (Å²) < 4.78 is 37.7. The molecule has 9 nitrogen and oxygen atoms in total. The number of anilines is 2. The fourth-order valence-electron chi connectivity index (χ4n) is 2.33. The average molecular weight is 449 g/mol. The lowest BCUT2D eigenvalue weighted by Gasteiger charge is -2.11. The highest BCUT2D eigenvalue weighted by Gasteiger charge is 2.18. The quantitative estimate of drug-likeness (QED) is 0.543. The molecule has 3 aromatic rings. The highest BCUT2D eigenvalue weighted by molar-refractivity contribution is 7.92. The predicted octanol–water partition coefficient (Wildman–Crippen LogP) is 2.96. The van der Waals surface area contributed by atoms with Gasteiger partial charge in [-0.05, 0) is 48.5 Å². The van der Waals surface area contributed by atoms with Gasteiger partial charge >= 0.3 is 0 Å². The topological polar surface area (TPSA) is 120 Å². The van der Waals surface area contributed by atoms with Crippen molar-refractivity contribution < 1.29 is 22.7 Å². The monoisotopic (exact) mass is 448 g/mol. The molecule has 0 spiro atoms. The van der Waals surface area contributed by atoms with Crippen LogP contribution in [0.25, 0.3) is 0 Å². The Balaban J connectivity index is 1.61. The van der Waals surface area contributed by atoms with Crippen LogP contribution in [0.4, 0.5) is 11.5 Å². The van der Waals surface area contributed by atoms with E-state index in [2.05, 4.69) is 20.0 Å². The molecule has 0 bridgehead atoms. The zero-order chi connectivity index (χ0) is 21.6. The Morgan fingerprint density at radius 3 is 2.37 bits per heavy atom. The van der Waals surface area contributed by atoms with Gasteiger partial charge in [-0.3, -0.25) is 9.52 Å². The van der Waals surface area contributed by atoms with Gasteiger partial charge in [-0.1, -0.05) is 11.6 Å². The summed E-state index contributed by atoms with van der Waals surface area (Å²) in [5.41, 5.74) is 0.413. The number of nitrogens with one attached hydrogen (secondary N) is 2. The van der Waals surface area contributed by atoms with Crippen LogP contribution in [-0.4, -0.2) is 38.0 Å². The van der Waals surface area contributed by atoms with Crippen LogP contribution in [0.2, 0.25) is 5.02 Å². The number of hydrogen-bond donors (Lipinski definition) is 2. The maximum absolute atomic E-state index is 12.5. The molecule has 0 aliphatic carbocycles. The lowest BCUT2D eigenvalue weighted by molar-refractivity contribution is -0.118. The second kappa shape index (κ2) is 9.42. The molecule has 30 heavy (non-hydrogen) atoms. The summed E-state index contributed by atoms with van der Waals surface area (Å²) in [5, 5.41) is 3.19. The van der Waals surface area contributed by atoms with E-state index in [1.54, 1.807) is 24.3 Å². The number of sulfonamides is 1. The minimum absolute atomic E-state index is 0.0226. The first-order valence-corrected chi connectivity index (χ1v) is 10.4. The van der Waals surface area contributed by atoms with Crippen molar-refractivity contribution in [2.75, 3.05) is 23.8 Å². The Hall–Kier alpha value is -3.37. The summed E-state index contributed by atoms with van der Waals surface area (Å²) >= 11 is 5.79. The number of halogens is 1. The second-order valence-corrected chi connectivity index (χ2v) is 7.95. The van der Waals surface area contributed by atoms with E-state index >= 15 is 0 Å². The van der Waals surface area contributed by atoms with Crippen LogP contribution in [-0.2, 0) is 14.8 Å². The third-order valence-corrected chi connectivity index (χ3v) is 5.33. The molecule has 1 heterocycles. The normalized spacial score (nSPS) is 10.9. The first-order valence-electron chi connectivity index (χ1n) is 8.53. The number of carbonyl (C=O) groups excluding carboxylic acids is 1. The van der Waals surface area contributed by atoms with Gasteiger partial charge in [0.15, 0.2) is 6.61 Å². The molecule has 1 aromatic heterocycles. The summed E-state index contributed by atoms with van der Waals surface area (Å²) in [5.74, 6) is 0.117. The van der Waals surface area contributed by atoms with E-state index in [0.29, 0.717) is 16.5 Å². The first kappa shape index (κ1) is 21.3.